The molecule has 0 radical (unpaired) electrons. The number of unbranched alkanes of at least 4 members (excludes halogenated alkanes) is 1. The Morgan fingerprint density at radius 1 is 1.18 bits per heavy atom. The van der Waals surface area contributed by atoms with Crippen LogP contribution in [0.2, 0.25) is 0 Å². The highest BCUT2D eigenvalue weighted by atomic mass is 15.1. The summed E-state index contributed by atoms with van der Waals surface area (Å²) in [6.45, 7) is 5.83. The highest BCUT2D eigenvalue weighted by molar-refractivity contribution is 6.06. The number of hydrogen-bond donors (Lipinski definition) is 2. The molecule has 0 aliphatic carbocycles. The number of aromatic nitrogens is 3. The number of nitrogens with two attached hydrogens (primary N) is 2. The Balaban J connectivity index is 2.28. The summed E-state index contributed by atoms with van der Waals surface area (Å²) in [6, 6.07) is 6.32. The summed E-state index contributed by atoms with van der Waals surface area (Å²) in [4.78, 5) is 9.26. The first-order chi connectivity index (χ1) is 10.7. The minimum atomic E-state index is 0.514. The average molecular weight is 297 g/mol. The third-order valence-corrected chi connectivity index (χ3v) is 4.09. The van der Waals surface area contributed by atoms with Crippen molar-refractivity contribution >= 4 is 27.8 Å². The molecular weight excluding hydrogens is 274 g/mol. The molecular formula is C17H23N5. The van der Waals surface area contributed by atoms with Crippen molar-refractivity contribution < 1.29 is 0 Å². The normalized spacial score (nSPS) is 11.6. The van der Waals surface area contributed by atoms with Gasteiger partial charge in [0.15, 0.2) is 5.82 Å². The number of pyridine rings is 1. The van der Waals surface area contributed by atoms with E-state index < -0.39 is 0 Å². The van der Waals surface area contributed by atoms with Crippen molar-refractivity contribution in [2.24, 2.45) is 5.73 Å². The van der Waals surface area contributed by atoms with Gasteiger partial charge < -0.3 is 16.0 Å². The molecule has 116 valence electrons. The fourth-order valence-electron chi connectivity index (χ4n) is 2.99. The Labute approximate surface area is 130 Å². The summed E-state index contributed by atoms with van der Waals surface area (Å²) in [6.07, 6.45) is 2.94. The first kappa shape index (κ1) is 14.8. The summed E-state index contributed by atoms with van der Waals surface area (Å²) in [5.74, 6) is 1.58. The van der Waals surface area contributed by atoms with Gasteiger partial charge in [-0.1, -0.05) is 19.1 Å². The first-order valence-corrected chi connectivity index (χ1v) is 7.90. The van der Waals surface area contributed by atoms with E-state index in [2.05, 4.69) is 41.6 Å². The molecule has 3 rings (SSSR count). The van der Waals surface area contributed by atoms with Gasteiger partial charge in [-0.2, -0.15) is 0 Å². The number of fused-ring (bicyclic) bond motifs is 3. The minimum Gasteiger partial charge on any atom is -0.382 e. The average Bonchev–Trinajstić information content (AvgIpc) is 2.87. The predicted molar refractivity (Wildman–Crippen MR) is 91.8 cm³/mol. The second-order valence-corrected chi connectivity index (χ2v) is 5.74. The topological polar surface area (TPSA) is 82.8 Å². The van der Waals surface area contributed by atoms with Crippen molar-refractivity contribution in [3.8, 4) is 0 Å². The van der Waals surface area contributed by atoms with E-state index in [1.165, 1.54) is 5.56 Å². The number of nitrogens with zero attached hydrogens (tertiary/aromatic N) is 3. The lowest BCUT2D eigenvalue weighted by molar-refractivity contribution is 0.606. The molecule has 0 fully saturated rings. The number of rotatable bonds is 5. The maximum atomic E-state index is 6.16. The van der Waals surface area contributed by atoms with Gasteiger partial charge in [-0.05, 0) is 37.9 Å². The first-order valence-electron chi connectivity index (χ1n) is 7.90. The van der Waals surface area contributed by atoms with Gasteiger partial charge in [-0.15, -0.1) is 0 Å². The molecule has 5 nitrogen and oxygen atoms in total. The number of nitrogen functional groups attached to an aromatic ring is 1. The van der Waals surface area contributed by atoms with E-state index in [1.807, 2.05) is 0 Å². The van der Waals surface area contributed by atoms with Crippen LogP contribution in [-0.2, 0) is 13.0 Å². The Morgan fingerprint density at radius 3 is 2.73 bits per heavy atom. The highest BCUT2D eigenvalue weighted by Crippen LogP contribution is 2.29. The molecule has 5 heteroatoms. The number of aryl methyl sites for hydroxylation is 3. The molecule has 2 aromatic heterocycles. The van der Waals surface area contributed by atoms with Gasteiger partial charge in [0, 0.05) is 18.4 Å². The van der Waals surface area contributed by atoms with Gasteiger partial charge in [0.2, 0.25) is 0 Å². The lowest BCUT2D eigenvalue weighted by atomic mass is 10.1. The largest absolute Gasteiger partial charge is 0.382 e. The van der Waals surface area contributed by atoms with Crippen LogP contribution in [0, 0.1) is 6.92 Å². The second-order valence-electron chi connectivity index (χ2n) is 5.74. The fourth-order valence-corrected chi connectivity index (χ4v) is 2.99. The van der Waals surface area contributed by atoms with Crippen LogP contribution in [0.5, 0.6) is 0 Å². The lowest BCUT2D eigenvalue weighted by Crippen LogP contribution is -2.06. The summed E-state index contributed by atoms with van der Waals surface area (Å²) < 4.78 is 2.29. The van der Waals surface area contributed by atoms with Gasteiger partial charge >= 0.3 is 0 Å². The van der Waals surface area contributed by atoms with Crippen molar-refractivity contribution in [3.63, 3.8) is 0 Å². The van der Waals surface area contributed by atoms with Crippen LogP contribution in [-0.4, -0.2) is 21.1 Å². The number of hydrogen-bond acceptors (Lipinski definition) is 4. The molecule has 0 aliphatic rings. The number of anilines is 1. The van der Waals surface area contributed by atoms with E-state index in [0.29, 0.717) is 5.82 Å². The van der Waals surface area contributed by atoms with Crippen LogP contribution in [0.4, 0.5) is 5.82 Å². The maximum Gasteiger partial charge on any atom is 0.152 e. The Bertz CT molecular complexity index is 819. The zero-order chi connectivity index (χ0) is 15.7. The fraction of sp³-hybridized carbons (Fsp3) is 0.412. The summed E-state index contributed by atoms with van der Waals surface area (Å²) in [5, 5.41) is 1.12. The zero-order valence-electron chi connectivity index (χ0n) is 13.3. The predicted octanol–water partition coefficient (Wildman–Crippen LogP) is 2.78. The third-order valence-electron chi connectivity index (χ3n) is 4.09. The van der Waals surface area contributed by atoms with Gasteiger partial charge in [0.1, 0.15) is 11.3 Å². The minimum absolute atomic E-state index is 0.514. The molecule has 4 N–H and O–H groups in total. The van der Waals surface area contributed by atoms with Crippen LogP contribution in [0.3, 0.4) is 0 Å². The molecule has 0 aliphatic heterocycles. The van der Waals surface area contributed by atoms with E-state index in [0.717, 1.165) is 60.1 Å². The van der Waals surface area contributed by atoms with E-state index in [1.54, 1.807) is 0 Å². The van der Waals surface area contributed by atoms with Crippen LogP contribution in [0.15, 0.2) is 18.2 Å². The molecule has 0 amide bonds. The van der Waals surface area contributed by atoms with Gasteiger partial charge in [-0.25, -0.2) is 9.97 Å². The standard InChI is InChI=1S/C17H23N5/c1-3-14-21-15-16(22(14)9-5-4-8-18)12-7-6-11(2)10-13(12)20-17(15)19/h6-7,10H,3-5,8-9,18H2,1-2H3,(H2,19,20). The summed E-state index contributed by atoms with van der Waals surface area (Å²) in [7, 11) is 0. The SMILES string of the molecule is CCc1nc2c(N)nc3cc(C)ccc3c2n1CCCCN. The Morgan fingerprint density at radius 2 is 2.00 bits per heavy atom. The van der Waals surface area contributed by atoms with Gasteiger partial charge in [0.25, 0.3) is 0 Å². The maximum absolute atomic E-state index is 6.16. The molecule has 2 heterocycles. The summed E-state index contributed by atoms with van der Waals surface area (Å²) >= 11 is 0. The molecule has 0 atom stereocenters. The number of imidazole rings is 1. The van der Waals surface area contributed by atoms with E-state index in [4.69, 9.17) is 16.5 Å². The van der Waals surface area contributed by atoms with Crippen LogP contribution in [0.25, 0.3) is 21.9 Å². The van der Waals surface area contributed by atoms with Crippen LogP contribution < -0.4 is 11.5 Å². The van der Waals surface area contributed by atoms with Crippen LogP contribution >= 0.6 is 0 Å². The second kappa shape index (κ2) is 5.93. The lowest BCUT2D eigenvalue weighted by Gasteiger charge is -2.10. The monoisotopic (exact) mass is 297 g/mol. The van der Waals surface area contributed by atoms with Crippen molar-refractivity contribution in [2.75, 3.05) is 12.3 Å². The van der Waals surface area contributed by atoms with Crippen LogP contribution in [0.1, 0.15) is 31.2 Å². The smallest absolute Gasteiger partial charge is 0.152 e. The Kier molecular flexibility index (Phi) is 3.98. The molecule has 0 spiro atoms. The molecule has 0 saturated heterocycles. The molecule has 22 heavy (non-hydrogen) atoms. The summed E-state index contributed by atoms with van der Waals surface area (Å²) in [5.41, 5.74) is 15.8. The van der Waals surface area contributed by atoms with E-state index >= 15 is 0 Å². The quantitative estimate of drug-likeness (QED) is 0.709. The van der Waals surface area contributed by atoms with Crippen molar-refractivity contribution in [3.05, 3.63) is 29.6 Å². The van der Waals surface area contributed by atoms with Gasteiger partial charge in [-0.3, -0.25) is 0 Å². The number of benzene rings is 1. The molecule has 0 bridgehead atoms. The van der Waals surface area contributed by atoms with E-state index in [9.17, 15) is 0 Å². The zero-order valence-corrected chi connectivity index (χ0v) is 13.3. The van der Waals surface area contributed by atoms with Crippen molar-refractivity contribution in [1.29, 1.82) is 0 Å². The molecule has 3 aromatic rings. The van der Waals surface area contributed by atoms with Crippen molar-refractivity contribution in [1.82, 2.24) is 14.5 Å². The van der Waals surface area contributed by atoms with Gasteiger partial charge in [0.05, 0.1) is 11.0 Å². The Hall–Kier alpha value is -2.14. The molecule has 0 saturated carbocycles. The van der Waals surface area contributed by atoms with Crippen molar-refractivity contribution in [2.45, 2.75) is 39.7 Å². The molecule has 0 unspecified atom stereocenters. The van der Waals surface area contributed by atoms with E-state index in [-0.39, 0.29) is 0 Å². The highest BCUT2D eigenvalue weighted by Gasteiger charge is 2.16. The third kappa shape index (κ3) is 2.41. The molecule has 1 aromatic carbocycles.